The summed E-state index contributed by atoms with van der Waals surface area (Å²) in [4.78, 5) is 32.4. The number of rotatable bonds is 4. The predicted molar refractivity (Wildman–Crippen MR) is 374 cm³/mol. The second-order valence-electron chi connectivity index (χ2n) is 34.2. The van der Waals surface area contributed by atoms with Gasteiger partial charge in [0.1, 0.15) is 30.0 Å². The lowest BCUT2D eigenvalue weighted by molar-refractivity contribution is -0.124. The lowest BCUT2D eigenvalue weighted by atomic mass is 9.56. The molecule has 4 aromatic carbocycles. The minimum Gasteiger partial charge on any atom is -0.448 e. The number of carbonyl (C=O) groups is 2. The van der Waals surface area contributed by atoms with E-state index in [1.807, 2.05) is 0 Å². The van der Waals surface area contributed by atoms with Crippen LogP contribution in [0.5, 0.6) is 0 Å². The molecule has 10 fully saturated rings. The van der Waals surface area contributed by atoms with E-state index >= 15 is 0 Å². The van der Waals surface area contributed by atoms with Crippen molar-refractivity contribution in [2.24, 2.45) is 70.0 Å². The van der Waals surface area contributed by atoms with Gasteiger partial charge in [-0.05, 0) is 225 Å². The molecule has 2 amide bonds. The zero-order valence-corrected chi connectivity index (χ0v) is 57.6. The van der Waals surface area contributed by atoms with E-state index < -0.39 is 5.60 Å². The number of amides is 2. The van der Waals surface area contributed by atoms with Crippen molar-refractivity contribution in [3.05, 3.63) is 154 Å². The Bertz CT molecular complexity index is 3800. The first kappa shape index (κ1) is 63.9. The van der Waals surface area contributed by atoms with Crippen LogP contribution >= 0.6 is 0 Å². The number of piperidine rings is 2. The molecule has 11 nitrogen and oxygen atoms in total. The molecular formula is C85H106N2O9. The summed E-state index contributed by atoms with van der Waals surface area (Å²) in [6.07, 6.45) is 20.9. The SMILES string of the molecule is C.CC1=C2C[C@H]3[C@@H](CC=C4C[C@@H](O)CC[C@@]43C)[C@@H]2CC[C@]12O[C@@H]1C[C@H](C)CN(C(=O)OCC3c4ccccc4-c4ccccc43)[C@H]1[C@H]2C.C[C@H]1C[C@H]2O[C@]3(CC[C@H]4[C@@H]5CC=C6C[C@@H](O)CC[C@]6(C)[C@H]5CC45OC53C)[C@H](C)[C@@H]2N(C(=O)OCC2c3ccccc3-c3ccccc32)C1. The fourth-order valence-corrected chi connectivity index (χ4v) is 25.6. The second kappa shape index (κ2) is 22.7. The van der Waals surface area contributed by atoms with Crippen molar-refractivity contribution in [3.8, 4) is 22.3 Å². The number of hydrogen-bond donors (Lipinski definition) is 2. The van der Waals surface area contributed by atoms with Crippen molar-refractivity contribution < 1.29 is 43.5 Å². The summed E-state index contributed by atoms with van der Waals surface area (Å²) in [6, 6.07) is 34.2. The topological polar surface area (TPSA) is 131 Å². The quantitative estimate of drug-likeness (QED) is 0.151. The fourth-order valence-electron chi connectivity index (χ4n) is 25.6. The Morgan fingerprint density at radius 3 is 1.56 bits per heavy atom. The van der Waals surface area contributed by atoms with E-state index in [1.54, 1.807) is 5.57 Å². The van der Waals surface area contributed by atoms with Crippen LogP contribution < -0.4 is 0 Å². The van der Waals surface area contributed by atoms with Crippen LogP contribution in [-0.2, 0) is 23.7 Å². The van der Waals surface area contributed by atoms with Gasteiger partial charge in [0.05, 0.1) is 42.1 Å². The van der Waals surface area contributed by atoms with Gasteiger partial charge < -0.3 is 43.7 Å². The van der Waals surface area contributed by atoms with Gasteiger partial charge in [0.25, 0.3) is 0 Å². The molecule has 96 heavy (non-hydrogen) atoms. The van der Waals surface area contributed by atoms with Crippen LogP contribution in [0, 0.1) is 70.0 Å². The van der Waals surface area contributed by atoms with Crippen LogP contribution in [0.1, 0.15) is 200 Å². The van der Waals surface area contributed by atoms with Gasteiger partial charge in [-0.25, -0.2) is 9.59 Å². The van der Waals surface area contributed by atoms with E-state index in [2.05, 4.69) is 174 Å². The summed E-state index contributed by atoms with van der Waals surface area (Å²) in [5.41, 5.74) is 15.3. The summed E-state index contributed by atoms with van der Waals surface area (Å²) in [5, 5.41) is 21.0. The first-order valence-electron chi connectivity index (χ1n) is 37.5. The Morgan fingerprint density at radius 1 is 0.552 bits per heavy atom. The predicted octanol–water partition coefficient (Wildman–Crippen LogP) is 17.2. The third-order valence-electron chi connectivity index (χ3n) is 30.2. The van der Waals surface area contributed by atoms with Gasteiger partial charge in [0, 0.05) is 36.8 Å². The molecular weight excluding hydrogens is 1190 g/mol. The summed E-state index contributed by atoms with van der Waals surface area (Å²) in [7, 11) is 0. The van der Waals surface area contributed by atoms with Crippen LogP contribution in [0.3, 0.4) is 0 Å². The number of ether oxygens (including phenoxy) is 5. The molecule has 4 aromatic rings. The van der Waals surface area contributed by atoms with Crippen LogP contribution in [0.2, 0.25) is 0 Å². The standard InChI is InChI=1S/C42H51NO5.C42H51NO4.CH4/c1-24-19-36-37(43(22-24)38(45)46-23-33-30-11-7-5-9-28(30)29-10-6-8-12-31(29)33)25(2)41(47-36)18-16-34-32-14-13-26-20-27(44)15-17-39(26,3)35(32)21-42(34)40(41,4)48-42;1-24-19-38-39(43(22-24)40(45)46-23-36-31-11-7-5-9-29(31)30-10-6-8-12-32(30)36)26(3)42(47-38)18-16-33-34-14-13-27-20-28(44)15-17-41(27,4)37(34)21-35(33)25(42)2;/h5-13,24-25,27,32-37,44H,14-23H2,1-4H3;5-13,24,26,28,33-34,36-39,44H,14-23H2,1-4H3;1H4/t24-,25+,27-,32-,34-,35-,36+,37-,39-,40?,41+,42?;24-,26+,28-,33-,34-,37-,38+,39-,41-,42-;/m00./s1. The molecule has 2 unspecified atom stereocenters. The smallest absolute Gasteiger partial charge is 0.410 e. The first-order valence-corrected chi connectivity index (χ1v) is 37.5. The van der Waals surface area contributed by atoms with Crippen molar-refractivity contribution >= 4 is 12.2 Å². The largest absolute Gasteiger partial charge is 0.448 e. The van der Waals surface area contributed by atoms with E-state index in [0.717, 1.165) is 96.4 Å². The third kappa shape index (κ3) is 8.91. The van der Waals surface area contributed by atoms with Crippen molar-refractivity contribution in [2.75, 3.05) is 26.3 Å². The highest BCUT2D eigenvalue weighted by Crippen LogP contribution is 2.79. The second-order valence-corrected chi connectivity index (χ2v) is 34.2. The van der Waals surface area contributed by atoms with Crippen molar-refractivity contribution in [1.82, 2.24) is 9.80 Å². The molecule has 3 spiro atoms. The Morgan fingerprint density at radius 2 is 1.03 bits per heavy atom. The van der Waals surface area contributed by atoms with Crippen LogP contribution in [0.15, 0.2) is 132 Å². The maximum atomic E-state index is 14.2. The van der Waals surface area contributed by atoms with Crippen molar-refractivity contribution in [3.63, 3.8) is 0 Å². The minimum atomic E-state index is -0.405. The van der Waals surface area contributed by atoms with Crippen molar-refractivity contribution in [2.45, 2.75) is 236 Å². The van der Waals surface area contributed by atoms with Gasteiger partial charge in [0.15, 0.2) is 0 Å². The molecule has 5 saturated heterocycles. The van der Waals surface area contributed by atoms with E-state index in [9.17, 15) is 19.8 Å². The summed E-state index contributed by atoms with van der Waals surface area (Å²) in [5.74, 6) is 4.98. The summed E-state index contributed by atoms with van der Waals surface area (Å²) in [6.45, 7) is 21.1. The molecule has 0 bridgehead atoms. The molecule has 0 radical (unpaired) electrons. The van der Waals surface area contributed by atoms with Gasteiger partial charge in [-0.1, -0.05) is 175 Å². The molecule has 10 aliphatic carbocycles. The maximum Gasteiger partial charge on any atom is 0.410 e. The number of hydrogen-bond acceptors (Lipinski definition) is 9. The number of nitrogens with zero attached hydrogens (tertiary/aromatic N) is 2. The number of likely N-dealkylation sites (tertiary alicyclic amines) is 2. The number of allylic oxidation sites excluding steroid dienone is 3. The van der Waals surface area contributed by atoms with Crippen LogP contribution in [-0.4, -0.2) is 117 Å². The lowest BCUT2D eigenvalue weighted by Gasteiger charge is -2.49. The molecule has 19 rings (SSSR count). The Kier molecular flexibility index (Phi) is 15.1. The number of aliphatic hydroxyl groups excluding tert-OH is 2. The molecule has 15 aliphatic rings. The number of benzene rings is 4. The third-order valence-corrected chi connectivity index (χ3v) is 30.2. The highest BCUT2D eigenvalue weighted by Gasteiger charge is 2.87. The van der Waals surface area contributed by atoms with Gasteiger partial charge in [-0.15, -0.1) is 0 Å². The number of epoxide rings is 1. The molecule has 22 atom stereocenters. The minimum absolute atomic E-state index is 0. The lowest BCUT2D eigenvalue weighted by Crippen LogP contribution is -2.59. The zero-order chi connectivity index (χ0) is 65.0. The van der Waals surface area contributed by atoms with Crippen LogP contribution in [0.4, 0.5) is 9.59 Å². The highest BCUT2D eigenvalue weighted by molar-refractivity contribution is 5.80. The van der Waals surface area contributed by atoms with E-state index in [0.29, 0.717) is 67.1 Å². The van der Waals surface area contributed by atoms with Gasteiger partial charge in [-0.2, -0.15) is 0 Å². The summed E-state index contributed by atoms with van der Waals surface area (Å²) < 4.78 is 34.4. The molecule has 5 aliphatic heterocycles. The normalized spacial score (nSPS) is 42.9. The number of fused-ring (bicyclic) bond motifs is 18. The average molecular weight is 1300 g/mol. The Labute approximate surface area is 571 Å². The molecule has 510 valence electrons. The van der Waals surface area contributed by atoms with E-state index in [-0.39, 0.29) is 107 Å². The molecule has 2 N–H and O–H groups in total. The first-order chi connectivity index (χ1) is 45.8. The molecule has 0 aromatic heterocycles. The summed E-state index contributed by atoms with van der Waals surface area (Å²) >= 11 is 0. The van der Waals surface area contributed by atoms with Gasteiger partial charge in [-0.3, -0.25) is 0 Å². The number of carbonyl (C=O) groups excluding carboxylic acids is 2. The fraction of sp³-hybridized carbons (Fsp3) is 0.624. The van der Waals surface area contributed by atoms with E-state index in [4.69, 9.17) is 23.7 Å². The Hall–Kier alpha value is -5.56. The van der Waals surface area contributed by atoms with Gasteiger partial charge in [0.2, 0.25) is 0 Å². The molecule has 5 saturated carbocycles. The van der Waals surface area contributed by atoms with Crippen LogP contribution in [0.25, 0.3) is 22.3 Å². The van der Waals surface area contributed by atoms with Crippen molar-refractivity contribution in [1.29, 1.82) is 0 Å². The molecule has 5 heterocycles. The highest BCUT2D eigenvalue weighted by atomic mass is 16.7. The molecule has 11 heteroatoms. The maximum absolute atomic E-state index is 14.2. The average Bonchev–Trinajstić information content (AvgIpc) is 1.46. The van der Waals surface area contributed by atoms with E-state index in [1.165, 1.54) is 74.1 Å². The number of aliphatic hydroxyl groups is 2. The van der Waals surface area contributed by atoms with Gasteiger partial charge >= 0.3 is 12.2 Å². The monoisotopic (exact) mass is 1300 g/mol. The Balaban J connectivity index is 0.000000144. The zero-order valence-electron chi connectivity index (χ0n) is 57.6.